The average Bonchev–Trinajstić information content (AvgIpc) is 3.18. The molecule has 22 heavy (non-hydrogen) atoms. The highest BCUT2D eigenvalue weighted by molar-refractivity contribution is 9.10. The molecule has 2 rings (SSSR count). The quantitative estimate of drug-likeness (QED) is 0.726. The first-order valence-electron chi connectivity index (χ1n) is 7.70. The number of amides is 1. The molecule has 0 radical (unpaired) electrons. The number of benzene rings is 1. The Morgan fingerprint density at radius 1 is 1.50 bits per heavy atom. The van der Waals surface area contributed by atoms with E-state index < -0.39 is 11.6 Å². The summed E-state index contributed by atoms with van der Waals surface area (Å²) in [4.78, 5) is 10.8. The maximum Gasteiger partial charge on any atom is 0.405 e. The lowest BCUT2D eigenvalue weighted by molar-refractivity contribution is 0.169. The second kappa shape index (κ2) is 6.90. The Hall–Kier alpha value is -1.23. The van der Waals surface area contributed by atoms with Crippen LogP contribution >= 0.6 is 15.9 Å². The molecular formula is C17H24BrNO3. The molecule has 0 bridgehead atoms. The standard InChI is InChI=1S/C17H24BrNO3/c1-11(9-17(2,3)19-16(20)21)10-22-15-7-6-13(18)8-14(15)12-4-5-12/h6-8,11-12,19H,4-5,9-10H2,1-3H3,(H,20,21)/t11-/m0/s1. The number of halogens is 1. The van der Waals surface area contributed by atoms with E-state index >= 15 is 0 Å². The van der Waals surface area contributed by atoms with Gasteiger partial charge in [-0.15, -0.1) is 0 Å². The van der Waals surface area contributed by atoms with Crippen molar-refractivity contribution in [1.82, 2.24) is 5.32 Å². The van der Waals surface area contributed by atoms with Crippen molar-refractivity contribution in [3.8, 4) is 5.75 Å². The second-order valence-electron chi connectivity index (χ2n) is 6.89. The van der Waals surface area contributed by atoms with Gasteiger partial charge in [-0.2, -0.15) is 0 Å². The van der Waals surface area contributed by atoms with Crippen LogP contribution in [0.2, 0.25) is 0 Å². The highest BCUT2D eigenvalue weighted by Gasteiger charge is 2.28. The largest absolute Gasteiger partial charge is 0.493 e. The number of ether oxygens (including phenoxy) is 1. The van der Waals surface area contributed by atoms with Crippen LogP contribution in [0.15, 0.2) is 22.7 Å². The van der Waals surface area contributed by atoms with E-state index in [2.05, 4.69) is 34.2 Å². The predicted octanol–water partition coefficient (Wildman–Crippen LogP) is 4.78. The first kappa shape index (κ1) is 17.1. The van der Waals surface area contributed by atoms with E-state index in [1.807, 2.05) is 26.0 Å². The van der Waals surface area contributed by atoms with E-state index in [0.717, 1.165) is 16.6 Å². The van der Waals surface area contributed by atoms with Gasteiger partial charge in [-0.05, 0) is 68.7 Å². The van der Waals surface area contributed by atoms with Crippen molar-refractivity contribution < 1.29 is 14.6 Å². The molecule has 0 unspecified atom stereocenters. The molecule has 1 atom stereocenters. The second-order valence-corrected chi connectivity index (χ2v) is 7.81. The molecule has 1 saturated carbocycles. The Balaban J connectivity index is 1.91. The lowest BCUT2D eigenvalue weighted by Crippen LogP contribution is -2.44. The molecule has 1 amide bonds. The van der Waals surface area contributed by atoms with E-state index in [-0.39, 0.29) is 5.92 Å². The topological polar surface area (TPSA) is 58.6 Å². The lowest BCUT2D eigenvalue weighted by Gasteiger charge is -2.28. The van der Waals surface area contributed by atoms with Crippen LogP contribution in [0.3, 0.4) is 0 Å². The molecule has 0 saturated heterocycles. The van der Waals surface area contributed by atoms with Gasteiger partial charge in [0.05, 0.1) is 6.61 Å². The van der Waals surface area contributed by atoms with Crippen molar-refractivity contribution in [2.24, 2.45) is 5.92 Å². The number of rotatable bonds is 7. The summed E-state index contributed by atoms with van der Waals surface area (Å²) < 4.78 is 7.09. The zero-order valence-electron chi connectivity index (χ0n) is 13.4. The third kappa shape index (κ3) is 5.20. The minimum absolute atomic E-state index is 0.262. The zero-order valence-corrected chi connectivity index (χ0v) is 14.9. The van der Waals surface area contributed by atoms with Crippen LogP contribution in [0, 0.1) is 5.92 Å². The highest BCUT2D eigenvalue weighted by Crippen LogP contribution is 2.45. The normalized spacial score (nSPS) is 16.2. The van der Waals surface area contributed by atoms with Crippen molar-refractivity contribution in [2.75, 3.05) is 6.61 Å². The van der Waals surface area contributed by atoms with Gasteiger partial charge in [0, 0.05) is 10.0 Å². The molecule has 1 aliphatic carbocycles. The van der Waals surface area contributed by atoms with Crippen LogP contribution < -0.4 is 10.1 Å². The van der Waals surface area contributed by atoms with Crippen LogP contribution in [0.4, 0.5) is 4.79 Å². The van der Waals surface area contributed by atoms with Crippen LogP contribution in [0.5, 0.6) is 5.75 Å². The third-order valence-corrected chi connectivity index (χ3v) is 4.31. The van der Waals surface area contributed by atoms with Crippen LogP contribution in [0.25, 0.3) is 0 Å². The summed E-state index contributed by atoms with van der Waals surface area (Å²) >= 11 is 3.52. The Bertz CT molecular complexity index is 541. The first-order valence-corrected chi connectivity index (χ1v) is 8.49. The number of hydrogen-bond acceptors (Lipinski definition) is 2. The van der Waals surface area contributed by atoms with E-state index in [1.54, 1.807) is 0 Å². The maximum atomic E-state index is 10.8. The van der Waals surface area contributed by atoms with Crippen molar-refractivity contribution in [3.63, 3.8) is 0 Å². The highest BCUT2D eigenvalue weighted by atomic mass is 79.9. The zero-order chi connectivity index (χ0) is 16.3. The number of carboxylic acid groups (broad SMARTS) is 1. The fraction of sp³-hybridized carbons (Fsp3) is 0.588. The third-order valence-electron chi connectivity index (χ3n) is 3.82. The minimum atomic E-state index is -0.984. The van der Waals surface area contributed by atoms with Gasteiger partial charge in [0.2, 0.25) is 0 Å². The van der Waals surface area contributed by atoms with Gasteiger partial charge in [0.25, 0.3) is 0 Å². The molecule has 1 fully saturated rings. The molecule has 0 heterocycles. The molecule has 0 aromatic heterocycles. The molecule has 0 spiro atoms. The Morgan fingerprint density at radius 2 is 2.18 bits per heavy atom. The minimum Gasteiger partial charge on any atom is -0.493 e. The molecule has 122 valence electrons. The van der Waals surface area contributed by atoms with E-state index in [4.69, 9.17) is 9.84 Å². The van der Waals surface area contributed by atoms with Gasteiger partial charge in [-0.3, -0.25) is 0 Å². The molecule has 0 aliphatic heterocycles. The molecular weight excluding hydrogens is 346 g/mol. The van der Waals surface area contributed by atoms with Crippen LogP contribution in [-0.2, 0) is 0 Å². The van der Waals surface area contributed by atoms with Gasteiger partial charge >= 0.3 is 6.09 Å². The fourth-order valence-electron chi connectivity index (χ4n) is 2.87. The fourth-order valence-corrected chi connectivity index (χ4v) is 3.25. The van der Waals surface area contributed by atoms with Crippen molar-refractivity contribution in [2.45, 2.75) is 51.5 Å². The van der Waals surface area contributed by atoms with Gasteiger partial charge in [0.15, 0.2) is 0 Å². The van der Waals surface area contributed by atoms with Crippen LogP contribution in [-0.4, -0.2) is 23.3 Å². The SMILES string of the molecule is C[C@H](COc1ccc(Br)cc1C1CC1)CC(C)(C)NC(=O)O. The van der Waals surface area contributed by atoms with Crippen LogP contribution in [0.1, 0.15) is 51.5 Å². The molecule has 1 aliphatic rings. The Labute approximate surface area is 140 Å². The molecule has 5 heteroatoms. The lowest BCUT2D eigenvalue weighted by atomic mass is 9.92. The summed E-state index contributed by atoms with van der Waals surface area (Å²) in [6.07, 6.45) is 2.21. The number of hydrogen-bond donors (Lipinski definition) is 2. The van der Waals surface area contributed by atoms with E-state index in [9.17, 15) is 4.79 Å². The summed E-state index contributed by atoms with van der Waals surface area (Å²) in [6, 6.07) is 6.17. The Morgan fingerprint density at radius 3 is 2.77 bits per heavy atom. The molecule has 2 N–H and O–H groups in total. The summed E-state index contributed by atoms with van der Waals surface area (Å²) in [7, 11) is 0. The smallest absolute Gasteiger partial charge is 0.405 e. The van der Waals surface area contributed by atoms with Crippen molar-refractivity contribution >= 4 is 22.0 Å². The summed E-state index contributed by atoms with van der Waals surface area (Å²) in [5.41, 5.74) is 0.831. The van der Waals surface area contributed by atoms with Gasteiger partial charge in [0.1, 0.15) is 5.75 Å². The number of nitrogens with one attached hydrogen (secondary N) is 1. The average molecular weight is 370 g/mol. The molecule has 1 aromatic carbocycles. The van der Waals surface area contributed by atoms with Crippen molar-refractivity contribution in [1.29, 1.82) is 0 Å². The first-order chi connectivity index (χ1) is 10.3. The van der Waals surface area contributed by atoms with Crippen molar-refractivity contribution in [3.05, 3.63) is 28.2 Å². The predicted molar refractivity (Wildman–Crippen MR) is 90.6 cm³/mol. The van der Waals surface area contributed by atoms with Gasteiger partial charge < -0.3 is 15.2 Å². The van der Waals surface area contributed by atoms with E-state index in [1.165, 1.54) is 18.4 Å². The molecule has 4 nitrogen and oxygen atoms in total. The number of carbonyl (C=O) groups is 1. The maximum absolute atomic E-state index is 10.8. The molecule has 1 aromatic rings. The summed E-state index contributed by atoms with van der Waals surface area (Å²) in [5.74, 6) is 1.85. The van der Waals surface area contributed by atoms with Gasteiger partial charge in [-0.1, -0.05) is 22.9 Å². The monoisotopic (exact) mass is 369 g/mol. The summed E-state index contributed by atoms with van der Waals surface area (Å²) in [5, 5.41) is 11.4. The Kier molecular flexibility index (Phi) is 5.37. The van der Waals surface area contributed by atoms with Gasteiger partial charge in [-0.25, -0.2) is 4.79 Å². The van der Waals surface area contributed by atoms with E-state index in [0.29, 0.717) is 12.5 Å². The summed E-state index contributed by atoms with van der Waals surface area (Å²) in [6.45, 7) is 6.47.